The van der Waals surface area contributed by atoms with Crippen LogP contribution in [0.2, 0.25) is 0 Å². The molecule has 2 aromatic carbocycles. The molecule has 200 valence electrons. The molecule has 3 rings (SSSR count). The SMILES string of the molecule is C#CCN(Cc1ccc2nc(NC(=O)C(C)(C)C)[nH]c(=O)c2c1)c1ccc(C(=O)CCN(CC)CC)cc1. The van der Waals surface area contributed by atoms with Crippen LogP contribution in [-0.2, 0) is 11.3 Å². The first kappa shape index (κ1) is 28.6. The Hall–Kier alpha value is -3.96. The molecule has 0 saturated carbocycles. The number of benzene rings is 2. The van der Waals surface area contributed by atoms with E-state index in [2.05, 4.69) is 40.0 Å². The number of hydrogen-bond acceptors (Lipinski definition) is 6. The van der Waals surface area contributed by atoms with E-state index < -0.39 is 5.41 Å². The van der Waals surface area contributed by atoms with E-state index in [0.717, 1.165) is 30.9 Å². The lowest BCUT2D eigenvalue weighted by molar-refractivity contribution is -0.123. The smallest absolute Gasteiger partial charge is 0.260 e. The van der Waals surface area contributed by atoms with Crippen molar-refractivity contribution in [2.24, 2.45) is 5.41 Å². The summed E-state index contributed by atoms with van der Waals surface area (Å²) < 4.78 is 0. The van der Waals surface area contributed by atoms with Crippen molar-refractivity contribution in [3.05, 3.63) is 63.9 Å². The monoisotopic (exact) mass is 515 g/mol. The standard InChI is InChI=1S/C30H37N5O3/c1-7-17-35(23-13-11-22(12-14-23)26(36)16-18-34(8-2)9-3)20-21-10-15-25-24(19-21)27(37)32-29(31-25)33-28(38)30(4,5)6/h1,10-15,19H,8-9,16-18,20H2,2-6H3,(H2,31,32,33,37,38). The number of anilines is 2. The van der Waals surface area contributed by atoms with E-state index >= 15 is 0 Å². The van der Waals surface area contributed by atoms with Crippen LogP contribution in [0.25, 0.3) is 10.9 Å². The van der Waals surface area contributed by atoms with Crippen LogP contribution in [0.3, 0.4) is 0 Å². The molecule has 8 heteroatoms. The Morgan fingerprint density at radius 2 is 1.76 bits per heavy atom. The highest BCUT2D eigenvalue weighted by atomic mass is 16.2. The van der Waals surface area contributed by atoms with Crippen molar-refractivity contribution in [3.8, 4) is 12.3 Å². The third-order valence-electron chi connectivity index (χ3n) is 6.44. The molecule has 0 unspecified atom stereocenters. The Balaban J connectivity index is 1.77. The molecule has 2 N–H and O–H groups in total. The van der Waals surface area contributed by atoms with Gasteiger partial charge < -0.3 is 9.80 Å². The van der Waals surface area contributed by atoms with Crippen molar-refractivity contribution in [1.82, 2.24) is 14.9 Å². The number of amides is 1. The van der Waals surface area contributed by atoms with E-state index in [-0.39, 0.29) is 23.2 Å². The van der Waals surface area contributed by atoms with Crippen molar-refractivity contribution in [2.75, 3.05) is 36.4 Å². The number of carbonyl (C=O) groups is 2. The molecule has 1 aromatic heterocycles. The summed E-state index contributed by atoms with van der Waals surface area (Å²) in [5.74, 6) is 2.69. The lowest BCUT2D eigenvalue weighted by Crippen LogP contribution is -2.29. The van der Waals surface area contributed by atoms with Crippen LogP contribution >= 0.6 is 0 Å². The Morgan fingerprint density at radius 1 is 1.08 bits per heavy atom. The normalized spacial score (nSPS) is 11.4. The lowest BCUT2D eigenvalue weighted by Gasteiger charge is -2.23. The average molecular weight is 516 g/mol. The number of aromatic nitrogens is 2. The van der Waals surface area contributed by atoms with Gasteiger partial charge in [-0.05, 0) is 55.1 Å². The van der Waals surface area contributed by atoms with Gasteiger partial charge >= 0.3 is 0 Å². The number of aromatic amines is 1. The first-order valence-corrected chi connectivity index (χ1v) is 12.9. The van der Waals surface area contributed by atoms with Crippen LogP contribution < -0.4 is 15.8 Å². The number of terminal acetylenes is 1. The summed E-state index contributed by atoms with van der Waals surface area (Å²) in [4.78, 5) is 49.0. The van der Waals surface area contributed by atoms with Crippen molar-refractivity contribution in [2.45, 2.75) is 47.6 Å². The van der Waals surface area contributed by atoms with Gasteiger partial charge in [0, 0.05) is 36.2 Å². The third-order valence-corrected chi connectivity index (χ3v) is 6.44. The van der Waals surface area contributed by atoms with E-state index in [1.54, 1.807) is 32.9 Å². The summed E-state index contributed by atoms with van der Waals surface area (Å²) in [7, 11) is 0. The number of fused-ring (bicyclic) bond motifs is 1. The third kappa shape index (κ3) is 7.30. The average Bonchev–Trinajstić information content (AvgIpc) is 2.89. The second-order valence-corrected chi connectivity index (χ2v) is 10.3. The van der Waals surface area contributed by atoms with E-state index in [1.807, 2.05) is 35.2 Å². The Kier molecular flexibility index (Phi) is 9.43. The molecule has 0 atom stereocenters. The number of H-pyrrole nitrogens is 1. The fraction of sp³-hybridized carbons (Fsp3) is 0.400. The summed E-state index contributed by atoms with van der Waals surface area (Å²) in [5, 5.41) is 3.09. The molecule has 38 heavy (non-hydrogen) atoms. The summed E-state index contributed by atoms with van der Waals surface area (Å²) in [5.41, 5.74) is 1.98. The Morgan fingerprint density at radius 3 is 2.37 bits per heavy atom. The first-order chi connectivity index (χ1) is 18.0. The molecule has 8 nitrogen and oxygen atoms in total. The summed E-state index contributed by atoms with van der Waals surface area (Å²) in [6.45, 7) is 13.0. The molecule has 1 amide bonds. The van der Waals surface area contributed by atoms with Crippen LogP contribution in [0, 0.1) is 17.8 Å². The van der Waals surface area contributed by atoms with Gasteiger partial charge in [-0.3, -0.25) is 24.7 Å². The van der Waals surface area contributed by atoms with E-state index in [1.165, 1.54) is 0 Å². The first-order valence-electron chi connectivity index (χ1n) is 12.9. The van der Waals surface area contributed by atoms with Crippen molar-refractivity contribution >= 4 is 34.2 Å². The van der Waals surface area contributed by atoms with Gasteiger partial charge in [-0.2, -0.15) is 0 Å². The van der Waals surface area contributed by atoms with E-state index in [4.69, 9.17) is 6.42 Å². The maximum Gasteiger partial charge on any atom is 0.260 e. The molecule has 0 aliphatic carbocycles. The van der Waals surface area contributed by atoms with Gasteiger partial charge in [0.25, 0.3) is 5.56 Å². The summed E-state index contributed by atoms with van der Waals surface area (Å²) >= 11 is 0. The van der Waals surface area contributed by atoms with Gasteiger partial charge in [-0.15, -0.1) is 6.42 Å². The van der Waals surface area contributed by atoms with Gasteiger partial charge in [0.2, 0.25) is 11.9 Å². The Labute approximate surface area is 224 Å². The highest BCUT2D eigenvalue weighted by Gasteiger charge is 2.22. The van der Waals surface area contributed by atoms with Crippen LogP contribution in [0.1, 0.15) is 57.0 Å². The molecule has 0 aliphatic rings. The molecule has 3 aromatic rings. The van der Waals surface area contributed by atoms with Crippen molar-refractivity contribution in [1.29, 1.82) is 0 Å². The minimum atomic E-state index is -0.616. The molecular formula is C30H37N5O3. The molecule has 0 bridgehead atoms. The summed E-state index contributed by atoms with van der Waals surface area (Å²) in [6, 6.07) is 12.9. The number of carbonyl (C=O) groups excluding carboxylic acids is 2. The number of ketones is 1. The van der Waals surface area contributed by atoms with Gasteiger partial charge in [0.15, 0.2) is 5.78 Å². The molecule has 0 aliphatic heterocycles. The fourth-order valence-corrected chi connectivity index (χ4v) is 4.01. The number of nitrogens with zero attached hydrogens (tertiary/aromatic N) is 3. The van der Waals surface area contributed by atoms with E-state index in [9.17, 15) is 14.4 Å². The molecule has 0 fully saturated rings. The second-order valence-electron chi connectivity index (χ2n) is 10.3. The molecule has 0 radical (unpaired) electrons. The zero-order chi connectivity index (χ0) is 27.9. The van der Waals surface area contributed by atoms with Gasteiger partial charge in [0.1, 0.15) is 0 Å². The minimum Gasteiger partial charge on any atom is -0.356 e. The summed E-state index contributed by atoms with van der Waals surface area (Å²) in [6.07, 6.45) is 6.13. The highest BCUT2D eigenvalue weighted by Crippen LogP contribution is 2.21. The second kappa shape index (κ2) is 12.5. The lowest BCUT2D eigenvalue weighted by atomic mass is 9.96. The zero-order valence-electron chi connectivity index (χ0n) is 22.9. The number of Topliss-reactive ketones (excluding diaryl/α,β-unsaturated/α-hetero) is 1. The van der Waals surface area contributed by atoms with Gasteiger partial charge in [-0.1, -0.05) is 46.6 Å². The predicted octanol–water partition coefficient (Wildman–Crippen LogP) is 4.46. The maximum atomic E-state index is 12.8. The highest BCUT2D eigenvalue weighted by molar-refractivity contribution is 5.96. The maximum absolute atomic E-state index is 12.8. The molecule has 0 spiro atoms. The molecular weight excluding hydrogens is 478 g/mol. The van der Waals surface area contributed by atoms with Crippen LogP contribution in [-0.4, -0.2) is 52.7 Å². The van der Waals surface area contributed by atoms with Crippen molar-refractivity contribution in [3.63, 3.8) is 0 Å². The van der Waals surface area contributed by atoms with Crippen LogP contribution in [0.4, 0.5) is 11.6 Å². The van der Waals surface area contributed by atoms with Crippen molar-refractivity contribution < 1.29 is 9.59 Å². The largest absolute Gasteiger partial charge is 0.356 e. The van der Waals surface area contributed by atoms with Crippen LogP contribution in [0.5, 0.6) is 0 Å². The number of hydrogen-bond donors (Lipinski definition) is 2. The fourth-order valence-electron chi connectivity index (χ4n) is 4.01. The van der Waals surface area contributed by atoms with Gasteiger partial charge in [0.05, 0.1) is 17.4 Å². The Bertz CT molecular complexity index is 1380. The van der Waals surface area contributed by atoms with E-state index in [0.29, 0.717) is 36.0 Å². The molecule has 1 heterocycles. The predicted molar refractivity (Wildman–Crippen MR) is 154 cm³/mol. The molecule has 0 saturated heterocycles. The van der Waals surface area contributed by atoms with Crippen LogP contribution in [0.15, 0.2) is 47.3 Å². The van der Waals surface area contributed by atoms with Gasteiger partial charge in [-0.25, -0.2) is 4.98 Å². The number of rotatable bonds is 11. The quantitative estimate of drug-likeness (QED) is 0.289. The number of nitrogens with one attached hydrogen (secondary N) is 2. The zero-order valence-corrected chi connectivity index (χ0v) is 22.9. The minimum absolute atomic E-state index is 0.117. The topological polar surface area (TPSA) is 98.4 Å².